The van der Waals surface area contributed by atoms with Crippen LogP contribution >= 0.6 is 0 Å². The van der Waals surface area contributed by atoms with E-state index in [2.05, 4.69) is 116 Å². The third-order valence-corrected chi connectivity index (χ3v) is 3.38. The summed E-state index contributed by atoms with van der Waals surface area (Å²) in [7, 11) is 0. The van der Waals surface area contributed by atoms with Crippen molar-refractivity contribution in [3.05, 3.63) is 94.2 Å². The van der Waals surface area contributed by atoms with Gasteiger partial charge in [0.15, 0.2) is 0 Å². The Morgan fingerprint density at radius 3 is 1.12 bits per heavy atom. The molecule has 0 rings (SSSR count). The number of allylic oxidation sites excluding steroid dienone is 16. The van der Waals surface area contributed by atoms with Crippen molar-refractivity contribution < 1.29 is 0 Å². The first-order chi connectivity index (χ1) is 12.3. The van der Waals surface area contributed by atoms with Crippen molar-refractivity contribution in [3.8, 4) is 0 Å². The van der Waals surface area contributed by atoms with Gasteiger partial charge in [0.25, 0.3) is 0 Å². The second kappa shape index (κ2) is 16.4. The molecule has 0 fully saturated rings. The molecule has 0 saturated carbocycles. The van der Waals surface area contributed by atoms with Crippen molar-refractivity contribution >= 4 is 0 Å². The first-order valence-corrected chi connectivity index (χ1v) is 9.63. The summed E-state index contributed by atoms with van der Waals surface area (Å²) >= 11 is 0. The maximum atomic E-state index is 2.19. The van der Waals surface area contributed by atoms with Gasteiger partial charge in [-0.3, -0.25) is 0 Å². The van der Waals surface area contributed by atoms with Gasteiger partial charge in [0, 0.05) is 0 Å². The van der Waals surface area contributed by atoms with Gasteiger partial charge in [-0.25, -0.2) is 0 Å². The van der Waals surface area contributed by atoms with Gasteiger partial charge < -0.3 is 0 Å². The third-order valence-electron chi connectivity index (χ3n) is 3.38. The van der Waals surface area contributed by atoms with Crippen LogP contribution in [-0.2, 0) is 0 Å². The summed E-state index contributed by atoms with van der Waals surface area (Å²) in [5.41, 5.74) is 7.59. The topological polar surface area (TPSA) is 0 Å². The zero-order valence-electron chi connectivity index (χ0n) is 18.8. The zero-order valence-corrected chi connectivity index (χ0v) is 18.8. The SMILES string of the molecule is CC.C\C=C/C(=C\C=C(C)C)C(/C)=C/C=C(\C=C/C)C(/C)=C/C=C(C)C. The minimum Gasteiger partial charge on any atom is -0.0871 e. The molecule has 0 bridgehead atoms. The van der Waals surface area contributed by atoms with Crippen LogP contribution in [0.15, 0.2) is 94.2 Å². The molecule has 0 saturated heterocycles. The predicted molar refractivity (Wildman–Crippen MR) is 124 cm³/mol. The minimum atomic E-state index is 1.23. The standard InChI is InChI=1S/C24H34.C2H6/c1-9-11-23(17-14-20(5)6)22(8)16-18-24(12-10-2)21(7)15-13-19(3)4;1-2/h9-18H,1-8H3;1-2H3/b11-9-,12-10-,21-15+,22-16+,23-17+,24-18+;. The molecular weight excluding hydrogens is 312 g/mol. The Hall–Kier alpha value is -2.08. The Morgan fingerprint density at radius 1 is 0.462 bits per heavy atom. The molecular formula is C26H40. The number of hydrogen-bond acceptors (Lipinski definition) is 0. The lowest BCUT2D eigenvalue weighted by atomic mass is 10.0. The average molecular weight is 353 g/mol. The van der Waals surface area contributed by atoms with Crippen LogP contribution in [-0.4, -0.2) is 0 Å². The molecule has 0 aliphatic carbocycles. The highest BCUT2D eigenvalue weighted by Gasteiger charge is 1.96. The maximum Gasteiger partial charge on any atom is -0.0231 e. The van der Waals surface area contributed by atoms with Gasteiger partial charge in [0.2, 0.25) is 0 Å². The molecule has 0 nitrogen and oxygen atoms in total. The molecule has 0 aliphatic heterocycles. The molecule has 0 N–H and O–H groups in total. The molecule has 0 heteroatoms. The highest BCUT2D eigenvalue weighted by Crippen LogP contribution is 2.16. The molecule has 0 radical (unpaired) electrons. The highest BCUT2D eigenvalue weighted by molar-refractivity contribution is 5.47. The van der Waals surface area contributed by atoms with Crippen LogP contribution < -0.4 is 0 Å². The fourth-order valence-corrected chi connectivity index (χ4v) is 1.95. The largest absolute Gasteiger partial charge is 0.0871 e. The lowest BCUT2D eigenvalue weighted by Gasteiger charge is -2.04. The van der Waals surface area contributed by atoms with Crippen LogP contribution in [0, 0.1) is 0 Å². The van der Waals surface area contributed by atoms with Gasteiger partial charge in [0.05, 0.1) is 0 Å². The molecule has 0 aromatic heterocycles. The monoisotopic (exact) mass is 352 g/mol. The van der Waals surface area contributed by atoms with Crippen LogP contribution in [0.1, 0.15) is 69.2 Å². The van der Waals surface area contributed by atoms with E-state index in [0.29, 0.717) is 0 Å². The summed E-state index contributed by atoms with van der Waals surface area (Å²) in [5.74, 6) is 0. The lowest BCUT2D eigenvalue weighted by molar-refractivity contribution is 1.35. The molecule has 0 amide bonds. The maximum absolute atomic E-state index is 2.19. The van der Waals surface area contributed by atoms with Crippen molar-refractivity contribution in [2.75, 3.05) is 0 Å². The van der Waals surface area contributed by atoms with E-state index in [4.69, 9.17) is 0 Å². The summed E-state index contributed by atoms with van der Waals surface area (Å²) < 4.78 is 0. The normalized spacial score (nSPS) is 13.6. The second-order valence-corrected chi connectivity index (χ2v) is 6.43. The van der Waals surface area contributed by atoms with E-state index in [1.165, 1.54) is 33.4 Å². The van der Waals surface area contributed by atoms with Crippen molar-refractivity contribution in [2.24, 2.45) is 0 Å². The van der Waals surface area contributed by atoms with Crippen LogP contribution in [0.3, 0.4) is 0 Å². The van der Waals surface area contributed by atoms with Crippen LogP contribution in [0.25, 0.3) is 0 Å². The number of rotatable bonds is 7. The summed E-state index contributed by atoms with van der Waals surface area (Å²) in [6.45, 7) is 20.9. The van der Waals surface area contributed by atoms with E-state index < -0.39 is 0 Å². The van der Waals surface area contributed by atoms with Gasteiger partial charge >= 0.3 is 0 Å². The Bertz CT molecular complexity index is 628. The molecule has 144 valence electrons. The van der Waals surface area contributed by atoms with Gasteiger partial charge in [-0.2, -0.15) is 0 Å². The van der Waals surface area contributed by atoms with Crippen molar-refractivity contribution in [1.29, 1.82) is 0 Å². The molecule has 0 aromatic carbocycles. The van der Waals surface area contributed by atoms with Gasteiger partial charge in [-0.1, -0.05) is 85.8 Å². The van der Waals surface area contributed by atoms with Gasteiger partial charge in [0.1, 0.15) is 0 Å². The summed E-state index contributed by atoms with van der Waals surface area (Å²) in [5, 5.41) is 0. The summed E-state index contributed by atoms with van der Waals surface area (Å²) in [6, 6.07) is 0. The summed E-state index contributed by atoms with van der Waals surface area (Å²) in [4.78, 5) is 0. The molecule has 0 unspecified atom stereocenters. The Balaban J connectivity index is 0. The minimum absolute atomic E-state index is 1.23. The van der Waals surface area contributed by atoms with Gasteiger partial charge in [-0.05, 0) is 77.7 Å². The fourth-order valence-electron chi connectivity index (χ4n) is 1.95. The third kappa shape index (κ3) is 13.2. The first kappa shape index (κ1) is 26.2. The van der Waals surface area contributed by atoms with Crippen molar-refractivity contribution in [2.45, 2.75) is 69.2 Å². The smallest absolute Gasteiger partial charge is 0.0231 e. The lowest BCUT2D eigenvalue weighted by Crippen LogP contribution is -1.84. The van der Waals surface area contributed by atoms with Crippen LogP contribution in [0.2, 0.25) is 0 Å². The molecule has 0 atom stereocenters. The second-order valence-electron chi connectivity index (χ2n) is 6.43. The van der Waals surface area contributed by atoms with E-state index in [1.54, 1.807) is 0 Å². The van der Waals surface area contributed by atoms with Crippen LogP contribution in [0.4, 0.5) is 0 Å². The van der Waals surface area contributed by atoms with E-state index in [-0.39, 0.29) is 0 Å². The van der Waals surface area contributed by atoms with E-state index in [1.807, 2.05) is 13.8 Å². The fraction of sp³-hybridized carbons (Fsp3) is 0.385. The molecule has 0 spiro atoms. The van der Waals surface area contributed by atoms with E-state index in [0.717, 1.165) is 0 Å². The highest BCUT2D eigenvalue weighted by atomic mass is 14.0. The Labute approximate surface area is 163 Å². The molecule has 0 aromatic rings. The van der Waals surface area contributed by atoms with Crippen LogP contribution in [0.5, 0.6) is 0 Å². The first-order valence-electron chi connectivity index (χ1n) is 9.63. The predicted octanol–water partition coefficient (Wildman–Crippen LogP) is 8.84. The zero-order chi connectivity index (χ0) is 20.5. The Morgan fingerprint density at radius 2 is 0.769 bits per heavy atom. The van der Waals surface area contributed by atoms with Gasteiger partial charge in [-0.15, -0.1) is 0 Å². The van der Waals surface area contributed by atoms with E-state index >= 15 is 0 Å². The number of hydrogen-bond donors (Lipinski definition) is 0. The van der Waals surface area contributed by atoms with E-state index in [9.17, 15) is 0 Å². The Kier molecular flexibility index (Phi) is 16.5. The molecule has 26 heavy (non-hydrogen) atoms. The summed E-state index contributed by atoms with van der Waals surface area (Å²) in [6.07, 6.45) is 21.5. The van der Waals surface area contributed by atoms with Crippen molar-refractivity contribution in [1.82, 2.24) is 0 Å². The molecule has 0 aliphatic rings. The quantitative estimate of drug-likeness (QED) is 0.401. The molecule has 0 heterocycles. The van der Waals surface area contributed by atoms with Crippen molar-refractivity contribution in [3.63, 3.8) is 0 Å². The average Bonchev–Trinajstić information content (AvgIpc) is 2.61.